The Labute approximate surface area is 424 Å². The Morgan fingerprint density at radius 1 is 0.294 bits per heavy atom. The highest BCUT2D eigenvalue weighted by molar-refractivity contribution is 9.44. The Balaban J connectivity index is -0.00000000506. The van der Waals surface area contributed by atoms with Gasteiger partial charge in [0.05, 0.1) is 0 Å². The fourth-order valence-electron chi connectivity index (χ4n) is 2.35. The summed E-state index contributed by atoms with van der Waals surface area (Å²) < 4.78 is 0. The summed E-state index contributed by atoms with van der Waals surface area (Å²) in [5.41, 5.74) is 0. The maximum Gasteiger partial charge on any atom is 0.181 e. The predicted octanol–water partition coefficient (Wildman–Crippen LogP) is 9.52. The van der Waals surface area contributed by atoms with E-state index in [0.29, 0.717) is 0 Å². The Morgan fingerprint density at radius 3 is 0.490 bits per heavy atom. The van der Waals surface area contributed by atoms with Crippen molar-refractivity contribution in [3.05, 3.63) is 91.0 Å². The maximum absolute atomic E-state index is 4.12. The molecular weight excluding hydrogens is 1340 g/mol. The van der Waals surface area contributed by atoms with E-state index in [4.69, 9.17) is 0 Å². The van der Waals surface area contributed by atoms with Gasteiger partial charge in [0.1, 0.15) is 15.9 Å². The minimum absolute atomic E-state index is 0. The molecule has 0 aromatic heterocycles. The number of benzene rings is 3. The van der Waals surface area contributed by atoms with Gasteiger partial charge >= 0.3 is 0 Å². The van der Waals surface area contributed by atoms with E-state index in [1.165, 1.54) is 15.9 Å². The van der Waals surface area contributed by atoms with Crippen LogP contribution < -0.4 is 77.4 Å². The van der Waals surface area contributed by atoms with Gasteiger partial charge in [0.15, 0.2) is 21.5 Å². The lowest BCUT2D eigenvalue weighted by molar-refractivity contribution is 0.823. The lowest BCUT2D eigenvalue weighted by Gasteiger charge is -2.19. The largest absolute Gasteiger partial charge is 0.412 e. The van der Waals surface area contributed by atoms with Gasteiger partial charge in [-0.3, -0.25) is 0 Å². The molecule has 0 saturated heterocycles. The molecule has 42 N–H and O–H groups in total. The molecule has 0 fully saturated rings. The molecule has 0 spiro atoms. The summed E-state index contributed by atoms with van der Waals surface area (Å²) in [7, 11) is 0. The number of rotatable bonds is 3. The van der Waals surface area contributed by atoms with Crippen LogP contribution in [0.5, 0.6) is 0 Å². The number of hydrogen-bond donors (Lipinski definition) is 10. The molecule has 3 aromatic rings. The minimum Gasteiger partial charge on any atom is -0.412 e. The molecule has 3 rings (SSSR count). The average molecular weight is 1420 g/mol. The van der Waals surface area contributed by atoms with Crippen molar-refractivity contribution in [2.45, 2.75) is 22.3 Å². The van der Waals surface area contributed by atoms with Gasteiger partial charge in [0.2, 0.25) is 0 Å². The molecule has 0 aliphatic heterocycles. The topological polar surface area (TPSA) is 539 Å². The van der Waals surface area contributed by atoms with Crippen molar-refractivity contribution in [3.63, 3.8) is 0 Å². The fourth-order valence-corrected chi connectivity index (χ4v) is 7.12. The van der Waals surface area contributed by atoms with E-state index in [-0.39, 0.29) is 300 Å². The van der Waals surface area contributed by atoms with Crippen molar-refractivity contribution in [1.82, 2.24) is 61.5 Å². The van der Waals surface area contributed by atoms with Gasteiger partial charge in [0, 0.05) is 2.85 Å². The van der Waals surface area contributed by atoms with E-state index in [1.54, 1.807) is 0 Å². The Hall–Kier alpha value is 2.74. The van der Waals surface area contributed by atoms with E-state index in [0.717, 1.165) is 0 Å². The van der Waals surface area contributed by atoms with Crippen LogP contribution in [0.3, 0.4) is 0 Å². The smallest absolute Gasteiger partial charge is 0.181 e. The molecule has 0 bridgehead atoms. The number of halogens is 13. The highest BCUT2D eigenvalue weighted by atomic mass is 79.9. The molecule has 3 aromatic carbocycles. The molecule has 0 aliphatic carbocycles. The van der Waals surface area contributed by atoms with Gasteiger partial charge in [-0.05, 0) is 36.4 Å². The van der Waals surface area contributed by atoms with Crippen molar-refractivity contribution in [1.29, 1.82) is 0 Å². The van der Waals surface area contributed by atoms with Crippen molar-refractivity contribution in [2.75, 3.05) is 0 Å². The van der Waals surface area contributed by atoms with Crippen molar-refractivity contribution in [3.8, 4) is 0 Å². The minimum atomic E-state index is -1.71. The molecule has 16 nitrogen and oxygen atoms in total. The van der Waals surface area contributed by atoms with Crippen LogP contribution in [0.4, 0.5) is 0 Å². The van der Waals surface area contributed by atoms with E-state index in [1.807, 2.05) is 0 Å². The summed E-state index contributed by atoms with van der Waals surface area (Å²) in [6.07, 6.45) is 0. The second kappa shape index (κ2) is 132. The zero-order valence-corrected chi connectivity index (χ0v) is 44.5. The van der Waals surface area contributed by atoms with Crippen molar-refractivity contribution in [2.24, 2.45) is 0 Å². The van der Waals surface area contributed by atoms with E-state index < -0.39 is 5.96 Å². The van der Waals surface area contributed by atoms with E-state index >= 15 is 0 Å². The van der Waals surface area contributed by atoms with Crippen LogP contribution in [-0.4, -0.2) is 32.9 Å². The third-order valence-electron chi connectivity index (χ3n) is 3.34. The molecule has 0 radical (unpaired) electrons. The SMILES string of the molecule is Br.Br.Br.Br.Br.Br.Br.Br[P+](c1ccccc1)(c1ccccc1)c1ccccc1.C.C.C.Cl.Cl.Cl.Cl.Cl.N.N.N.N.N.N.N.N.N.N.O.O.O.O.O.O.[HH].[HH]. The average Bonchev–Trinajstić information content (AvgIpc) is 2.56. The molecule has 51 heavy (non-hydrogen) atoms. The second-order valence-electron chi connectivity index (χ2n) is 4.60. The summed E-state index contributed by atoms with van der Waals surface area (Å²) in [5.74, 6) is -1.71. The van der Waals surface area contributed by atoms with Gasteiger partial charge in [-0.15, -0.1) is 181 Å². The van der Waals surface area contributed by atoms with Gasteiger partial charge in [0.25, 0.3) is 0 Å². The highest BCUT2D eigenvalue weighted by Gasteiger charge is 2.43. The zero-order valence-electron chi connectivity index (χ0n) is 26.0. The molecular formula is C21H85Br8Cl5N10O6P+. The summed E-state index contributed by atoms with van der Waals surface area (Å²) in [5, 5.41) is 4.03. The molecule has 0 saturated carbocycles. The van der Waals surface area contributed by atoms with Gasteiger partial charge in [-0.1, -0.05) is 76.9 Å². The molecule has 0 heterocycles. The first-order valence-corrected chi connectivity index (χ1v) is 10.4. The predicted molar refractivity (Wildman–Crippen MR) is 299 cm³/mol. The van der Waals surface area contributed by atoms with Crippen LogP contribution in [-0.2, 0) is 0 Å². The Bertz CT molecular complexity index is 683. The van der Waals surface area contributed by atoms with Crippen LogP contribution in [0, 0.1) is 0 Å². The molecule has 0 amide bonds. The normalized spacial score (nSPS) is 4.41. The summed E-state index contributed by atoms with van der Waals surface area (Å²) in [4.78, 5) is 0. The molecule has 0 aliphatic rings. The summed E-state index contributed by atoms with van der Waals surface area (Å²) in [6, 6.07) is 32.1. The van der Waals surface area contributed by atoms with Gasteiger partial charge < -0.3 is 94.4 Å². The molecule has 0 unspecified atom stereocenters. The van der Waals surface area contributed by atoms with Crippen LogP contribution in [0.15, 0.2) is 91.0 Å². The van der Waals surface area contributed by atoms with Crippen LogP contribution >= 0.6 is 202 Å². The molecule has 0 atom stereocenters. The lowest BCUT2D eigenvalue weighted by atomic mass is 10.4. The van der Waals surface area contributed by atoms with Crippen molar-refractivity contribution >= 4 is 218 Å². The second-order valence-corrected chi connectivity index (χ2v) is 10.5. The van der Waals surface area contributed by atoms with E-state index in [9.17, 15) is 0 Å². The fraction of sp³-hybridized carbons (Fsp3) is 0.143. The van der Waals surface area contributed by atoms with Crippen LogP contribution in [0.25, 0.3) is 0 Å². The maximum atomic E-state index is 4.12. The third-order valence-corrected chi connectivity index (χ3v) is 10.1. The molecule has 350 valence electrons. The van der Waals surface area contributed by atoms with Crippen LogP contribution in [0.1, 0.15) is 25.1 Å². The Kier molecular flexibility index (Phi) is 631. The first-order valence-electron chi connectivity index (χ1n) is 6.57. The standard InChI is InChI=1S/C18H15BrP.3CH4.7BrH.5ClH.10H3N.6H2O.2H2/c19-20(16-10-4-1-5-11-16,17-12-6-2-7-13-17)18-14-8-3-9-15-18;;;;;;;;;;;;;;;;;;;;;;;;;;;;;;;;;/h1-15H;3*1H4;12*1H;10*1H3;6*1H2;2*1H/q+1;;;;;;;;;;;;;;;;;;;;;;;;;;;;;;;;;. The summed E-state index contributed by atoms with van der Waals surface area (Å²) >= 11 is 4.12. The monoisotopic (exact) mass is 1410 g/mol. The first kappa shape index (κ1) is 244. The lowest BCUT2D eigenvalue weighted by Crippen LogP contribution is -2.26. The quantitative estimate of drug-likeness (QED) is 0.111. The zero-order chi connectivity index (χ0) is 13.8. The van der Waals surface area contributed by atoms with E-state index in [2.05, 4.69) is 106 Å². The van der Waals surface area contributed by atoms with Crippen molar-refractivity contribution < 1.29 is 35.7 Å². The molecule has 30 heteroatoms. The van der Waals surface area contributed by atoms with Crippen LogP contribution in [0.2, 0.25) is 0 Å². The Morgan fingerprint density at radius 2 is 0.392 bits per heavy atom. The van der Waals surface area contributed by atoms with Gasteiger partial charge in [-0.25, -0.2) is 0 Å². The summed E-state index contributed by atoms with van der Waals surface area (Å²) in [6.45, 7) is 0. The first-order chi connectivity index (χ1) is 9.82. The third kappa shape index (κ3) is 67.8. The number of hydrogen-bond acceptors (Lipinski definition) is 10. The van der Waals surface area contributed by atoms with Gasteiger partial charge in [-0.2, -0.15) is 0 Å². The highest BCUT2D eigenvalue weighted by Crippen LogP contribution is 2.62.